The fourth-order valence-electron chi connectivity index (χ4n) is 5.14. The van der Waals surface area contributed by atoms with Crippen molar-refractivity contribution in [3.05, 3.63) is 23.8 Å². The van der Waals surface area contributed by atoms with E-state index in [1.54, 1.807) is 30.0 Å². The summed E-state index contributed by atoms with van der Waals surface area (Å²) in [5.41, 5.74) is 1.79. The minimum atomic E-state index is -3.51. The van der Waals surface area contributed by atoms with E-state index in [4.69, 9.17) is 0 Å². The molecule has 26 heavy (non-hydrogen) atoms. The van der Waals surface area contributed by atoms with E-state index in [0.717, 1.165) is 36.4 Å². The summed E-state index contributed by atoms with van der Waals surface area (Å²) in [5, 5.41) is 0. The minimum Gasteiger partial charge on any atom is -0.312 e. The summed E-state index contributed by atoms with van der Waals surface area (Å²) in [6, 6.07) is 5.21. The number of carbonyl (C=O) groups excluding carboxylic acids is 1. The summed E-state index contributed by atoms with van der Waals surface area (Å²) >= 11 is 0. The van der Waals surface area contributed by atoms with Gasteiger partial charge in [-0.3, -0.25) is 4.79 Å². The first-order valence-corrected chi connectivity index (χ1v) is 11.4. The van der Waals surface area contributed by atoms with Crippen molar-refractivity contribution in [2.75, 3.05) is 11.4 Å². The molecule has 2 fully saturated rings. The first-order chi connectivity index (χ1) is 12.4. The molecule has 2 aliphatic carbocycles. The van der Waals surface area contributed by atoms with Crippen molar-refractivity contribution < 1.29 is 13.2 Å². The second-order valence-electron chi connectivity index (χ2n) is 8.15. The Morgan fingerprint density at radius 3 is 2.65 bits per heavy atom. The molecule has 1 aromatic carbocycles. The van der Waals surface area contributed by atoms with E-state index in [1.807, 2.05) is 0 Å². The molecule has 1 aliphatic heterocycles. The number of carbonyl (C=O) groups is 1. The van der Waals surface area contributed by atoms with Crippen LogP contribution in [0.3, 0.4) is 0 Å². The highest BCUT2D eigenvalue weighted by Gasteiger charge is 2.34. The Labute approximate surface area is 156 Å². The van der Waals surface area contributed by atoms with E-state index in [1.165, 1.54) is 25.7 Å². The van der Waals surface area contributed by atoms with E-state index in [-0.39, 0.29) is 11.9 Å². The van der Waals surface area contributed by atoms with Crippen molar-refractivity contribution in [1.82, 2.24) is 4.72 Å². The summed E-state index contributed by atoms with van der Waals surface area (Å²) in [6.45, 7) is 2.18. The van der Waals surface area contributed by atoms with E-state index in [2.05, 4.69) is 4.72 Å². The van der Waals surface area contributed by atoms with E-state index in [9.17, 15) is 13.2 Å². The van der Waals surface area contributed by atoms with Crippen LogP contribution in [-0.4, -0.2) is 26.9 Å². The van der Waals surface area contributed by atoms with Gasteiger partial charge in [-0.2, -0.15) is 0 Å². The lowest BCUT2D eigenvalue weighted by atomic mass is 9.70. The molecule has 6 heteroatoms. The van der Waals surface area contributed by atoms with Crippen LogP contribution in [0.1, 0.15) is 57.4 Å². The highest BCUT2D eigenvalue weighted by molar-refractivity contribution is 7.89. The molecular formula is C20H28N2O3S. The van der Waals surface area contributed by atoms with Gasteiger partial charge in [-0.25, -0.2) is 13.1 Å². The van der Waals surface area contributed by atoms with Crippen molar-refractivity contribution in [2.45, 2.75) is 69.2 Å². The predicted molar refractivity (Wildman–Crippen MR) is 102 cm³/mol. The maximum Gasteiger partial charge on any atom is 0.240 e. The average molecular weight is 377 g/mol. The Bertz CT molecular complexity index is 805. The highest BCUT2D eigenvalue weighted by Crippen LogP contribution is 2.40. The van der Waals surface area contributed by atoms with Crippen LogP contribution in [0.15, 0.2) is 23.1 Å². The van der Waals surface area contributed by atoms with Gasteiger partial charge in [0.05, 0.1) is 4.90 Å². The Balaban J connectivity index is 1.48. The summed E-state index contributed by atoms with van der Waals surface area (Å²) in [6.07, 6.45) is 8.99. The molecule has 5 nitrogen and oxygen atoms in total. The Hall–Kier alpha value is -1.40. The van der Waals surface area contributed by atoms with E-state index in [0.29, 0.717) is 23.8 Å². The second-order valence-corrected chi connectivity index (χ2v) is 9.86. The first kappa shape index (κ1) is 18.0. The number of amides is 1. The zero-order valence-corrected chi connectivity index (χ0v) is 16.2. The van der Waals surface area contributed by atoms with E-state index >= 15 is 0 Å². The van der Waals surface area contributed by atoms with Gasteiger partial charge in [-0.1, -0.05) is 25.7 Å². The van der Waals surface area contributed by atoms with Crippen molar-refractivity contribution in [1.29, 1.82) is 0 Å². The maximum atomic E-state index is 12.9. The predicted octanol–water partition coefficient (Wildman–Crippen LogP) is 3.23. The SMILES string of the molecule is CC(=O)N1CCc2cc(S(=O)(=O)N[C@@H]3CC[C@H]4CCCC[C@@H]4C3)ccc21. The van der Waals surface area contributed by atoms with Crippen LogP contribution >= 0.6 is 0 Å². The Kier molecular flexibility index (Phi) is 4.82. The molecule has 1 heterocycles. The highest BCUT2D eigenvalue weighted by atomic mass is 32.2. The fourth-order valence-corrected chi connectivity index (χ4v) is 6.47. The molecular weight excluding hydrogens is 348 g/mol. The first-order valence-electron chi connectivity index (χ1n) is 9.87. The molecule has 2 saturated carbocycles. The van der Waals surface area contributed by atoms with Crippen molar-refractivity contribution in [3.8, 4) is 0 Å². The molecule has 3 atom stereocenters. The van der Waals surface area contributed by atoms with Gasteiger partial charge < -0.3 is 4.90 Å². The number of anilines is 1. The molecule has 1 amide bonds. The number of rotatable bonds is 3. The summed E-state index contributed by atoms with van der Waals surface area (Å²) in [5.74, 6) is 1.50. The average Bonchev–Trinajstić information content (AvgIpc) is 3.05. The van der Waals surface area contributed by atoms with Gasteiger partial charge in [-0.15, -0.1) is 0 Å². The Morgan fingerprint density at radius 1 is 1.12 bits per heavy atom. The van der Waals surface area contributed by atoms with Gasteiger partial charge in [0.25, 0.3) is 0 Å². The minimum absolute atomic E-state index is 0.00160. The van der Waals surface area contributed by atoms with Crippen LogP contribution in [-0.2, 0) is 21.2 Å². The van der Waals surface area contributed by atoms with Gasteiger partial charge in [-0.05, 0) is 61.3 Å². The molecule has 0 unspecified atom stereocenters. The fraction of sp³-hybridized carbons (Fsp3) is 0.650. The van der Waals surface area contributed by atoms with Gasteiger partial charge in [0.1, 0.15) is 0 Å². The number of benzene rings is 1. The van der Waals surface area contributed by atoms with Crippen LogP contribution in [0.25, 0.3) is 0 Å². The quantitative estimate of drug-likeness (QED) is 0.881. The lowest BCUT2D eigenvalue weighted by Gasteiger charge is -2.39. The van der Waals surface area contributed by atoms with Crippen molar-refractivity contribution >= 4 is 21.6 Å². The molecule has 1 N–H and O–H groups in total. The number of nitrogens with zero attached hydrogens (tertiary/aromatic N) is 1. The van der Waals surface area contributed by atoms with Crippen LogP contribution in [0, 0.1) is 11.8 Å². The standard InChI is InChI=1S/C20H28N2O3S/c1-14(23)22-11-10-17-13-19(8-9-20(17)22)26(24,25)21-18-7-6-15-4-2-3-5-16(15)12-18/h8-9,13,15-16,18,21H,2-7,10-12H2,1H3/t15-,16-,18-/m1/s1. The second kappa shape index (κ2) is 6.97. The number of fused-ring (bicyclic) bond motifs is 2. The third kappa shape index (κ3) is 3.41. The van der Waals surface area contributed by atoms with Crippen LogP contribution in [0.2, 0.25) is 0 Å². The normalized spacial score (nSPS) is 28.5. The molecule has 4 rings (SSSR count). The molecule has 142 valence electrons. The largest absolute Gasteiger partial charge is 0.312 e. The zero-order valence-electron chi connectivity index (χ0n) is 15.4. The third-order valence-corrected chi connectivity index (χ3v) is 8.02. The van der Waals surface area contributed by atoms with Crippen LogP contribution in [0.5, 0.6) is 0 Å². The third-order valence-electron chi connectivity index (χ3n) is 6.50. The molecule has 0 bridgehead atoms. The maximum absolute atomic E-state index is 12.9. The molecule has 0 spiro atoms. The molecule has 3 aliphatic rings. The molecule has 0 aromatic heterocycles. The number of hydrogen-bond donors (Lipinski definition) is 1. The number of nitrogens with one attached hydrogen (secondary N) is 1. The lowest BCUT2D eigenvalue weighted by Crippen LogP contribution is -2.41. The summed E-state index contributed by atoms with van der Waals surface area (Å²) in [4.78, 5) is 13.7. The van der Waals surface area contributed by atoms with Crippen LogP contribution in [0.4, 0.5) is 5.69 Å². The monoisotopic (exact) mass is 376 g/mol. The lowest BCUT2D eigenvalue weighted by molar-refractivity contribution is -0.116. The van der Waals surface area contributed by atoms with Crippen molar-refractivity contribution in [3.63, 3.8) is 0 Å². The van der Waals surface area contributed by atoms with Gasteiger partial charge in [0, 0.05) is 25.2 Å². The molecule has 1 aromatic rings. The van der Waals surface area contributed by atoms with Gasteiger partial charge in [0.15, 0.2) is 0 Å². The molecule has 0 radical (unpaired) electrons. The van der Waals surface area contributed by atoms with E-state index < -0.39 is 10.0 Å². The summed E-state index contributed by atoms with van der Waals surface area (Å²) < 4.78 is 28.7. The zero-order chi connectivity index (χ0) is 18.3. The van der Waals surface area contributed by atoms with Gasteiger partial charge in [0.2, 0.25) is 15.9 Å². The van der Waals surface area contributed by atoms with Crippen molar-refractivity contribution in [2.24, 2.45) is 11.8 Å². The number of sulfonamides is 1. The summed E-state index contributed by atoms with van der Waals surface area (Å²) in [7, 11) is -3.51. The topological polar surface area (TPSA) is 66.5 Å². The number of hydrogen-bond acceptors (Lipinski definition) is 3. The van der Waals surface area contributed by atoms with Gasteiger partial charge >= 0.3 is 0 Å². The van der Waals surface area contributed by atoms with Crippen LogP contribution < -0.4 is 9.62 Å². The Morgan fingerprint density at radius 2 is 1.88 bits per heavy atom. The smallest absolute Gasteiger partial charge is 0.240 e. The molecule has 0 saturated heterocycles.